The summed E-state index contributed by atoms with van der Waals surface area (Å²) >= 11 is 0. The highest BCUT2D eigenvalue weighted by atomic mass is 19.4. The molecule has 160 valence electrons. The first-order valence-electron chi connectivity index (χ1n) is 8.71. The molecule has 0 amide bonds. The van der Waals surface area contributed by atoms with E-state index < -0.39 is 42.0 Å². The molecule has 0 unspecified atom stereocenters. The van der Waals surface area contributed by atoms with Crippen LogP contribution >= 0.6 is 0 Å². The van der Waals surface area contributed by atoms with E-state index in [1.807, 2.05) is 0 Å². The molecule has 3 aromatic heterocycles. The van der Waals surface area contributed by atoms with Crippen LogP contribution in [0.1, 0.15) is 25.6 Å². The van der Waals surface area contributed by atoms with Gasteiger partial charge in [-0.2, -0.15) is 22.0 Å². The summed E-state index contributed by atoms with van der Waals surface area (Å²) in [5.41, 5.74) is 0.0280. The van der Waals surface area contributed by atoms with Crippen LogP contribution in [-0.4, -0.2) is 43.0 Å². The maximum atomic E-state index is 14.3. The van der Waals surface area contributed by atoms with Crippen LogP contribution in [0.3, 0.4) is 0 Å². The van der Waals surface area contributed by atoms with Crippen molar-refractivity contribution < 1.29 is 35.8 Å². The van der Waals surface area contributed by atoms with Crippen LogP contribution in [0.15, 0.2) is 24.7 Å². The Morgan fingerprint density at radius 2 is 1.83 bits per heavy atom. The van der Waals surface area contributed by atoms with E-state index in [9.17, 15) is 26.3 Å². The lowest BCUT2D eigenvalue weighted by atomic mass is 10.2. The summed E-state index contributed by atoms with van der Waals surface area (Å²) in [6, 6.07) is 0.836. The minimum Gasteiger partial charge on any atom is -0.463 e. The third kappa shape index (κ3) is 4.01. The van der Waals surface area contributed by atoms with Gasteiger partial charge in [0.05, 0.1) is 18.0 Å². The van der Waals surface area contributed by atoms with Gasteiger partial charge >= 0.3 is 12.3 Å². The molecule has 0 aromatic carbocycles. The van der Waals surface area contributed by atoms with Crippen molar-refractivity contribution in [2.75, 3.05) is 0 Å². The van der Waals surface area contributed by atoms with Gasteiger partial charge in [0.15, 0.2) is 17.6 Å². The average Bonchev–Trinajstić information content (AvgIpc) is 3.35. The van der Waals surface area contributed by atoms with E-state index in [0.717, 1.165) is 29.1 Å². The first-order chi connectivity index (χ1) is 14.0. The number of hydrogen-bond acceptors (Lipinski definition) is 6. The standard InChI is InChI=1S/C17H13F6N5O2/c1-8(16(19,20)21)29-14-11(18)4-9(5-25-14)12-7-28-13(6-24-12)26-27-15(28)17(22,23)30-10-2-3-10/h4-8,10H,2-3H2,1H3/t8-/m1/s1. The topological polar surface area (TPSA) is 74.4 Å². The quantitative estimate of drug-likeness (QED) is 0.550. The van der Waals surface area contributed by atoms with E-state index >= 15 is 0 Å². The Hall–Kier alpha value is -2.96. The van der Waals surface area contributed by atoms with Crippen LogP contribution in [0.4, 0.5) is 26.3 Å². The molecule has 13 heteroatoms. The molecule has 3 aromatic rings. The maximum Gasteiger partial charge on any atom is 0.425 e. The molecule has 1 atom stereocenters. The van der Waals surface area contributed by atoms with Gasteiger partial charge in [0.25, 0.3) is 5.88 Å². The molecule has 1 aliphatic carbocycles. The SMILES string of the molecule is C[C@@H](Oc1ncc(-c2cn3c(C(F)(F)OC4CC4)nnc3cn2)cc1F)C(F)(F)F. The lowest BCUT2D eigenvalue weighted by Crippen LogP contribution is -2.31. The van der Waals surface area contributed by atoms with Gasteiger partial charge in [-0.1, -0.05) is 0 Å². The van der Waals surface area contributed by atoms with Crippen LogP contribution in [0.25, 0.3) is 16.9 Å². The number of nitrogens with zero attached hydrogens (tertiary/aromatic N) is 5. The summed E-state index contributed by atoms with van der Waals surface area (Å²) in [4.78, 5) is 7.52. The molecule has 7 nitrogen and oxygen atoms in total. The largest absolute Gasteiger partial charge is 0.463 e. The molecule has 1 aliphatic rings. The van der Waals surface area contributed by atoms with Gasteiger partial charge in [-0.15, -0.1) is 10.2 Å². The Labute approximate surface area is 164 Å². The predicted molar refractivity (Wildman–Crippen MR) is 88.1 cm³/mol. The van der Waals surface area contributed by atoms with Crippen molar-refractivity contribution in [2.24, 2.45) is 0 Å². The van der Waals surface area contributed by atoms with Crippen LogP contribution in [0, 0.1) is 5.82 Å². The molecule has 0 N–H and O–H groups in total. The number of alkyl halides is 5. The van der Waals surface area contributed by atoms with E-state index in [-0.39, 0.29) is 16.9 Å². The van der Waals surface area contributed by atoms with Crippen LogP contribution in [0.2, 0.25) is 0 Å². The number of hydrogen-bond donors (Lipinski definition) is 0. The summed E-state index contributed by atoms with van der Waals surface area (Å²) in [6.07, 6.45) is -6.91. The van der Waals surface area contributed by atoms with Crippen LogP contribution < -0.4 is 4.74 Å². The van der Waals surface area contributed by atoms with Crippen molar-refractivity contribution in [3.05, 3.63) is 36.3 Å². The summed E-state index contributed by atoms with van der Waals surface area (Å²) in [5.74, 6) is -2.80. The van der Waals surface area contributed by atoms with E-state index in [4.69, 9.17) is 0 Å². The zero-order valence-corrected chi connectivity index (χ0v) is 15.2. The third-order valence-electron chi connectivity index (χ3n) is 4.24. The van der Waals surface area contributed by atoms with Gasteiger partial charge in [0.1, 0.15) is 0 Å². The van der Waals surface area contributed by atoms with Gasteiger partial charge in [-0.3, -0.25) is 9.38 Å². The maximum absolute atomic E-state index is 14.3. The molecule has 0 bridgehead atoms. The summed E-state index contributed by atoms with van der Waals surface area (Å²) in [7, 11) is 0. The minimum atomic E-state index is -4.70. The van der Waals surface area contributed by atoms with E-state index in [0.29, 0.717) is 19.8 Å². The molecule has 0 spiro atoms. The molecule has 1 fully saturated rings. The Morgan fingerprint density at radius 1 is 1.10 bits per heavy atom. The van der Waals surface area contributed by atoms with Crippen molar-refractivity contribution in [1.82, 2.24) is 24.6 Å². The molecule has 0 radical (unpaired) electrons. The molecular weight excluding hydrogens is 420 g/mol. The van der Waals surface area contributed by atoms with Crippen LogP contribution in [0.5, 0.6) is 5.88 Å². The van der Waals surface area contributed by atoms with Gasteiger partial charge in [-0.25, -0.2) is 9.37 Å². The first-order valence-corrected chi connectivity index (χ1v) is 8.71. The number of pyridine rings is 1. The molecule has 30 heavy (non-hydrogen) atoms. The van der Waals surface area contributed by atoms with E-state index in [1.54, 1.807) is 0 Å². The van der Waals surface area contributed by atoms with Gasteiger partial charge in [-0.05, 0) is 25.8 Å². The van der Waals surface area contributed by atoms with Gasteiger partial charge < -0.3 is 9.47 Å². The molecule has 1 saturated carbocycles. The number of halogens is 6. The smallest absolute Gasteiger partial charge is 0.425 e. The third-order valence-corrected chi connectivity index (χ3v) is 4.24. The Kier molecular flexibility index (Phi) is 4.79. The minimum absolute atomic E-state index is 0.000193. The Bertz CT molecular complexity index is 1080. The fourth-order valence-electron chi connectivity index (χ4n) is 2.48. The predicted octanol–water partition coefficient (Wildman–Crippen LogP) is 3.88. The first kappa shape index (κ1) is 20.3. The second kappa shape index (κ2) is 7.07. The van der Waals surface area contributed by atoms with Crippen molar-refractivity contribution in [3.63, 3.8) is 0 Å². The van der Waals surface area contributed by atoms with E-state index in [1.165, 1.54) is 0 Å². The zero-order valence-electron chi connectivity index (χ0n) is 15.2. The van der Waals surface area contributed by atoms with Crippen molar-refractivity contribution in [2.45, 2.75) is 44.3 Å². The molecule has 4 rings (SSSR count). The lowest BCUT2D eigenvalue weighted by Gasteiger charge is -2.17. The Balaban J connectivity index is 1.64. The van der Waals surface area contributed by atoms with Crippen molar-refractivity contribution >= 4 is 5.65 Å². The second-order valence-electron chi connectivity index (χ2n) is 6.67. The fraction of sp³-hybridized carbons (Fsp3) is 0.412. The molecular formula is C17H13F6N5O2. The monoisotopic (exact) mass is 433 g/mol. The second-order valence-corrected chi connectivity index (χ2v) is 6.67. The zero-order chi connectivity index (χ0) is 21.7. The highest BCUT2D eigenvalue weighted by Gasteiger charge is 2.44. The number of fused-ring (bicyclic) bond motifs is 1. The molecule has 3 heterocycles. The van der Waals surface area contributed by atoms with Gasteiger partial charge in [0.2, 0.25) is 5.82 Å². The summed E-state index contributed by atoms with van der Waals surface area (Å²) < 4.78 is 90.7. The number of ether oxygens (including phenoxy) is 2. The number of aromatic nitrogens is 5. The van der Waals surface area contributed by atoms with Crippen molar-refractivity contribution in [3.8, 4) is 17.1 Å². The highest BCUT2D eigenvalue weighted by molar-refractivity contribution is 5.59. The van der Waals surface area contributed by atoms with Crippen molar-refractivity contribution in [1.29, 1.82) is 0 Å². The van der Waals surface area contributed by atoms with Gasteiger partial charge in [0, 0.05) is 18.0 Å². The number of rotatable bonds is 6. The molecule has 0 saturated heterocycles. The normalized spacial score (nSPS) is 16.1. The highest BCUT2D eigenvalue weighted by Crippen LogP contribution is 2.37. The summed E-state index contributed by atoms with van der Waals surface area (Å²) in [5, 5.41) is 7.06. The van der Waals surface area contributed by atoms with Crippen LogP contribution in [-0.2, 0) is 10.8 Å². The Morgan fingerprint density at radius 3 is 2.47 bits per heavy atom. The summed E-state index contributed by atoms with van der Waals surface area (Å²) in [6.45, 7) is 0.710. The average molecular weight is 433 g/mol. The van der Waals surface area contributed by atoms with E-state index in [2.05, 4.69) is 29.6 Å². The lowest BCUT2D eigenvalue weighted by molar-refractivity contribution is -0.261. The fourth-order valence-corrected chi connectivity index (χ4v) is 2.48. The molecule has 0 aliphatic heterocycles.